The molecule has 0 bridgehead atoms. The van der Waals surface area contributed by atoms with Gasteiger partial charge in [0.2, 0.25) is 5.91 Å². The number of aliphatic hydroxyl groups is 1. The maximum absolute atomic E-state index is 11.6. The summed E-state index contributed by atoms with van der Waals surface area (Å²) in [5, 5.41) is 12.1. The van der Waals surface area contributed by atoms with Crippen LogP contribution in [-0.4, -0.2) is 24.2 Å². The molecule has 3 nitrogen and oxygen atoms in total. The molecule has 0 unspecified atom stereocenters. The molecule has 94 valence electrons. The number of halogens is 1. The van der Waals surface area contributed by atoms with Gasteiger partial charge in [0.05, 0.1) is 6.42 Å². The average molecular weight is 256 g/mol. The van der Waals surface area contributed by atoms with Gasteiger partial charge in [-0.15, -0.1) is 0 Å². The molecule has 4 heteroatoms. The molecule has 0 aromatic heterocycles. The van der Waals surface area contributed by atoms with E-state index in [0.29, 0.717) is 18.0 Å². The quantitative estimate of drug-likeness (QED) is 0.734. The molecule has 1 amide bonds. The normalized spacial score (nSPS) is 10.2. The summed E-state index contributed by atoms with van der Waals surface area (Å²) < 4.78 is 0. The molecule has 0 heterocycles. The van der Waals surface area contributed by atoms with Gasteiger partial charge >= 0.3 is 0 Å². The van der Waals surface area contributed by atoms with Gasteiger partial charge in [-0.05, 0) is 30.9 Å². The Kier molecular flexibility index (Phi) is 6.67. The first-order valence-electron chi connectivity index (χ1n) is 5.85. The molecule has 1 rings (SSSR count). The van der Waals surface area contributed by atoms with E-state index in [1.165, 1.54) is 0 Å². The van der Waals surface area contributed by atoms with Gasteiger partial charge in [0.1, 0.15) is 0 Å². The molecule has 0 radical (unpaired) electrons. The zero-order valence-electron chi connectivity index (χ0n) is 9.79. The van der Waals surface area contributed by atoms with Crippen LogP contribution in [-0.2, 0) is 11.2 Å². The minimum Gasteiger partial charge on any atom is -0.396 e. The molecule has 1 aromatic rings. The molecule has 0 aliphatic heterocycles. The Hall–Kier alpha value is -1.06. The van der Waals surface area contributed by atoms with E-state index in [0.717, 1.165) is 24.8 Å². The number of aliphatic hydroxyl groups excluding tert-OH is 1. The highest BCUT2D eigenvalue weighted by Gasteiger charge is 2.05. The number of nitrogens with one attached hydrogen (secondary N) is 1. The maximum atomic E-state index is 11.6. The van der Waals surface area contributed by atoms with Crippen LogP contribution >= 0.6 is 11.6 Å². The highest BCUT2D eigenvalue weighted by molar-refractivity contribution is 6.31. The van der Waals surface area contributed by atoms with Crippen molar-refractivity contribution in [1.82, 2.24) is 5.32 Å². The second-order valence-electron chi connectivity index (χ2n) is 3.90. The zero-order chi connectivity index (χ0) is 12.5. The summed E-state index contributed by atoms with van der Waals surface area (Å²) in [5.74, 6) is -0.0119. The van der Waals surface area contributed by atoms with Crippen molar-refractivity contribution in [2.24, 2.45) is 0 Å². The predicted octanol–water partition coefficient (Wildman–Crippen LogP) is 2.16. The van der Waals surface area contributed by atoms with Crippen molar-refractivity contribution < 1.29 is 9.90 Å². The zero-order valence-corrected chi connectivity index (χ0v) is 10.5. The third-order valence-electron chi connectivity index (χ3n) is 2.47. The van der Waals surface area contributed by atoms with Crippen molar-refractivity contribution in [3.8, 4) is 0 Å². The van der Waals surface area contributed by atoms with Crippen molar-refractivity contribution in [3.05, 3.63) is 34.9 Å². The summed E-state index contributed by atoms with van der Waals surface area (Å²) in [6.45, 7) is 0.872. The highest BCUT2D eigenvalue weighted by Crippen LogP contribution is 2.15. The molecular formula is C13H18ClNO2. The Bertz CT molecular complexity index is 355. The lowest BCUT2D eigenvalue weighted by molar-refractivity contribution is -0.120. The molecule has 0 atom stereocenters. The Morgan fingerprint density at radius 2 is 2.00 bits per heavy atom. The molecule has 0 fully saturated rings. The molecule has 0 spiro atoms. The van der Waals surface area contributed by atoms with E-state index in [1.54, 1.807) is 6.07 Å². The van der Waals surface area contributed by atoms with E-state index in [1.807, 2.05) is 18.2 Å². The molecule has 0 saturated carbocycles. The Labute approximate surface area is 107 Å². The molecule has 2 N–H and O–H groups in total. The monoisotopic (exact) mass is 255 g/mol. The van der Waals surface area contributed by atoms with E-state index in [-0.39, 0.29) is 12.5 Å². The Balaban J connectivity index is 2.23. The van der Waals surface area contributed by atoms with Crippen molar-refractivity contribution >= 4 is 17.5 Å². The van der Waals surface area contributed by atoms with Crippen LogP contribution in [0, 0.1) is 0 Å². The molecule has 1 aromatic carbocycles. The first kappa shape index (κ1) is 14.0. The summed E-state index contributed by atoms with van der Waals surface area (Å²) >= 11 is 5.96. The van der Waals surface area contributed by atoms with E-state index in [4.69, 9.17) is 16.7 Å². The van der Waals surface area contributed by atoms with E-state index in [2.05, 4.69) is 5.32 Å². The average Bonchev–Trinajstić information content (AvgIpc) is 2.32. The Morgan fingerprint density at radius 3 is 2.71 bits per heavy atom. The van der Waals surface area contributed by atoms with Crippen molar-refractivity contribution in [3.63, 3.8) is 0 Å². The highest BCUT2D eigenvalue weighted by atomic mass is 35.5. The van der Waals surface area contributed by atoms with Gasteiger partial charge in [-0.2, -0.15) is 0 Å². The van der Waals surface area contributed by atoms with Crippen LogP contribution in [0.1, 0.15) is 24.8 Å². The fourth-order valence-electron chi connectivity index (χ4n) is 1.52. The number of unbranched alkanes of at least 4 members (excludes halogenated alkanes) is 2. The second kappa shape index (κ2) is 8.09. The first-order valence-corrected chi connectivity index (χ1v) is 6.23. The lowest BCUT2D eigenvalue weighted by atomic mass is 10.1. The van der Waals surface area contributed by atoms with Gasteiger partial charge in [-0.3, -0.25) is 4.79 Å². The van der Waals surface area contributed by atoms with E-state index in [9.17, 15) is 4.79 Å². The second-order valence-corrected chi connectivity index (χ2v) is 4.31. The van der Waals surface area contributed by atoms with Gasteiger partial charge in [-0.1, -0.05) is 29.8 Å². The maximum Gasteiger partial charge on any atom is 0.224 e. The molecule has 0 saturated heterocycles. The van der Waals surface area contributed by atoms with Crippen LogP contribution in [0.25, 0.3) is 0 Å². The largest absolute Gasteiger partial charge is 0.396 e. The molecular weight excluding hydrogens is 238 g/mol. The van der Waals surface area contributed by atoms with Gasteiger partial charge < -0.3 is 10.4 Å². The minimum absolute atomic E-state index is 0.0119. The smallest absolute Gasteiger partial charge is 0.224 e. The van der Waals surface area contributed by atoms with Crippen LogP contribution in [0.5, 0.6) is 0 Å². The van der Waals surface area contributed by atoms with E-state index < -0.39 is 0 Å². The number of benzene rings is 1. The number of rotatable bonds is 7. The first-order chi connectivity index (χ1) is 8.24. The van der Waals surface area contributed by atoms with Gasteiger partial charge in [0.15, 0.2) is 0 Å². The summed E-state index contributed by atoms with van der Waals surface area (Å²) in [4.78, 5) is 11.6. The predicted molar refractivity (Wildman–Crippen MR) is 69.1 cm³/mol. The van der Waals surface area contributed by atoms with Crippen molar-refractivity contribution in [1.29, 1.82) is 0 Å². The standard InChI is InChI=1S/C13H18ClNO2/c14-12-7-3-2-6-11(12)10-13(17)15-8-4-1-5-9-16/h2-3,6-7,16H,1,4-5,8-10H2,(H,15,17). The lowest BCUT2D eigenvalue weighted by Gasteiger charge is -2.06. The minimum atomic E-state index is -0.0119. The SMILES string of the molecule is O=C(Cc1ccccc1Cl)NCCCCCO. The van der Waals surface area contributed by atoms with Crippen molar-refractivity contribution in [2.45, 2.75) is 25.7 Å². The summed E-state index contributed by atoms with van der Waals surface area (Å²) in [6.07, 6.45) is 2.94. The fraction of sp³-hybridized carbons (Fsp3) is 0.462. The molecule has 17 heavy (non-hydrogen) atoms. The molecule has 0 aliphatic rings. The lowest BCUT2D eigenvalue weighted by Crippen LogP contribution is -2.26. The number of amides is 1. The number of hydrogen-bond donors (Lipinski definition) is 2. The summed E-state index contributed by atoms with van der Waals surface area (Å²) in [7, 11) is 0. The van der Waals surface area contributed by atoms with Gasteiger partial charge in [0, 0.05) is 18.2 Å². The van der Waals surface area contributed by atoms with Crippen LogP contribution in [0.4, 0.5) is 0 Å². The number of carbonyl (C=O) groups excluding carboxylic acids is 1. The summed E-state index contributed by atoms with van der Waals surface area (Å²) in [6, 6.07) is 7.35. The number of carbonyl (C=O) groups is 1. The topological polar surface area (TPSA) is 49.3 Å². The van der Waals surface area contributed by atoms with E-state index >= 15 is 0 Å². The Morgan fingerprint density at radius 1 is 1.24 bits per heavy atom. The fourth-order valence-corrected chi connectivity index (χ4v) is 1.72. The van der Waals surface area contributed by atoms with Crippen LogP contribution in [0.3, 0.4) is 0 Å². The molecule has 0 aliphatic carbocycles. The van der Waals surface area contributed by atoms with Crippen LogP contribution in [0.2, 0.25) is 5.02 Å². The summed E-state index contributed by atoms with van der Waals surface area (Å²) in [5.41, 5.74) is 0.849. The van der Waals surface area contributed by atoms with Crippen molar-refractivity contribution in [2.75, 3.05) is 13.2 Å². The third kappa shape index (κ3) is 5.71. The van der Waals surface area contributed by atoms with Gasteiger partial charge in [-0.25, -0.2) is 0 Å². The van der Waals surface area contributed by atoms with Crippen LogP contribution in [0.15, 0.2) is 24.3 Å². The van der Waals surface area contributed by atoms with Crippen LogP contribution < -0.4 is 5.32 Å². The number of hydrogen-bond acceptors (Lipinski definition) is 2. The third-order valence-corrected chi connectivity index (χ3v) is 2.83. The van der Waals surface area contributed by atoms with Gasteiger partial charge in [0.25, 0.3) is 0 Å².